The topological polar surface area (TPSA) is 81.4 Å². The molecule has 11 heteroatoms. The van der Waals surface area contributed by atoms with E-state index in [4.69, 9.17) is 9.84 Å². The molecule has 0 aromatic carbocycles. The highest BCUT2D eigenvalue weighted by atomic mass is 28.3. The van der Waals surface area contributed by atoms with E-state index in [1.54, 1.807) is 0 Å². The summed E-state index contributed by atoms with van der Waals surface area (Å²) in [6.07, 6.45) is -1.13. The van der Waals surface area contributed by atoms with E-state index in [1.807, 2.05) is 0 Å². The number of ketones is 1. The number of fused-ring (bicyclic) bond motifs is 1. The molecule has 0 saturated heterocycles. The Hall–Kier alpha value is -1.75. The minimum atomic E-state index is -2.81. The minimum Gasteiger partial charge on any atom is -0.476 e. The fraction of sp³-hybridized carbons (Fsp3) is 0.750. The lowest BCUT2D eigenvalue weighted by atomic mass is 9.93. The monoisotopic (exact) mass is 466 g/mol. The van der Waals surface area contributed by atoms with Gasteiger partial charge < -0.3 is 9.84 Å². The highest BCUT2D eigenvalue weighted by Crippen LogP contribution is 2.34. The molecule has 1 saturated carbocycles. The summed E-state index contributed by atoms with van der Waals surface area (Å²) in [5, 5.41) is 13.1. The van der Waals surface area contributed by atoms with Crippen molar-refractivity contribution in [3.63, 3.8) is 0 Å². The first kappa shape index (κ1) is 25.5. The van der Waals surface area contributed by atoms with Crippen molar-refractivity contribution in [1.82, 2.24) is 9.78 Å². The third kappa shape index (κ3) is 8.02. The predicted molar refractivity (Wildman–Crippen MR) is 109 cm³/mol. The third-order valence-electron chi connectivity index (χ3n) is 5.29. The highest BCUT2D eigenvalue weighted by Gasteiger charge is 2.39. The molecule has 6 nitrogen and oxygen atoms in total. The van der Waals surface area contributed by atoms with E-state index >= 15 is 0 Å². The second kappa shape index (κ2) is 9.80. The number of hydrogen-bond acceptors (Lipinski definition) is 4. The second-order valence-corrected chi connectivity index (χ2v) is 15.0. The van der Waals surface area contributed by atoms with Gasteiger partial charge in [0.05, 0.1) is 12.1 Å². The molecule has 0 radical (unpaired) electrons. The van der Waals surface area contributed by atoms with E-state index < -0.39 is 32.3 Å². The van der Waals surface area contributed by atoms with Crippen LogP contribution in [0.4, 0.5) is 17.6 Å². The summed E-state index contributed by atoms with van der Waals surface area (Å²) in [5.41, 5.74) is 0.591. The summed E-state index contributed by atoms with van der Waals surface area (Å²) in [6, 6.07) is 0.957. The molecular weight excluding hydrogens is 436 g/mol. The molecule has 0 spiro atoms. The molecule has 2 aliphatic rings. The van der Waals surface area contributed by atoms with Crippen molar-refractivity contribution in [2.45, 2.75) is 89.2 Å². The lowest BCUT2D eigenvalue weighted by Crippen LogP contribution is -2.28. The van der Waals surface area contributed by atoms with Crippen molar-refractivity contribution in [3.05, 3.63) is 17.0 Å². The molecule has 2 aliphatic carbocycles. The van der Waals surface area contributed by atoms with Gasteiger partial charge in [0.1, 0.15) is 12.5 Å². The Kier molecular flexibility index (Phi) is 8.07. The van der Waals surface area contributed by atoms with Gasteiger partial charge in [-0.25, -0.2) is 27.0 Å². The quantitative estimate of drug-likeness (QED) is 0.371. The molecule has 0 unspecified atom stereocenters. The zero-order valence-corrected chi connectivity index (χ0v) is 19.1. The van der Waals surface area contributed by atoms with E-state index in [0.29, 0.717) is 17.9 Å². The number of alkyl halides is 4. The van der Waals surface area contributed by atoms with Gasteiger partial charge in [-0.2, -0.15) is 5.10 Å². The lowest BCUT2D eigenvalue weighted by Gasteiger charge is -2.23. The predicted octanol–water partition coefficient (Wildman–Crippen LogP) is 4.78. The number of carboxylic acids is 1. The Morgan fingerprint density at radius 3 is 2.19 bits per heavy atom. The summed E-state index contributed by atoms with van der Waals surface area (Å²) >= 11 is 0. The highest BCUT2D eigenvalue weighted by molar-refractivity contribution is 6.76. The molecule has 3 rings (SSSR count). The Morgan fingerprint density at radius 2 is 1.68 bits per heavy atom. The van der Waals surface area contributed by atoms with E-state index in [2.05, 4.69) is 24.7 Å². The van der Waals surface area contributed by atoms with Crippen LogP contribution in [-0.2, 0) is 29.1 Å². The molecular formula is C20H30F4N2O4Si. The molecule has 1 aromatic heterocycles. The number of carbonyl (C=O) groups excluding carboxylic acids is 1. The summed E-state index contributed by atoms with van der Waals surface area (Å²) in [4.78, 5) is 21.6. The van der Waals surface area contributed by atoms with Crippen molar-refractivity contribution in [2.24, 2.45) is 0 Å². The van der Waals surface area contributed by atoms with Gasteiger partial charge in [0.25, 0.3) is 5.92 Å². The number of carbonyl (C=O) groups is 2. The molecule has 1 aromatic rings. The number of carboxylic acid groups (broad SMARTS) is 1. The number of halogens is 4. The number of Topliss-reactive ketones (excluding diaryl/α,β-unsaturated/α-hetero) is 1. The number of ether oxygens (including phenoxy) is 1. The van der Waals surface area contributed by atoms with Crippen LogP contribution in [0.1, 0.15) is 53.8 Å². The van der Waals surface area contributed by atoms with Crippen LogP contribution < -0.4 is 0 Å². The number of aromatic nitrogens is 2. The molecule has 1 fully saturated rings. The second-order valence-electron chi connectivity index (χ2n) is 9.35. The number of nitrogens with zero attached hydrogens (tertiary/aromatic N) is 2. The minimum absolute atomic E-state index is 0.0240. The van der Waals surface area contributed by atoms with Crippen LogP contribution >= 0.6 is 0 Å². The van der Waals surface area contributed by atoms with Gasteiger partial charge in [-0.3, -0.25) is 4.79 Å². The SMILES string of the molecule is C[Si](C)(C)CCOCn1nc(C(=O)O)c2c1CC(F)(F)CC2.O=C1CCC(F)(F)CC1. The molecule has 176 valence electrons. The Bertz CT molecular complexity index is 794. The summed E-state index contributed by atoms with van der Waals surface area (Å²) in [7, 11) is -1.23. The fourth-order valence-corrected chi connectivity index (χ4v) is 4.10. The van der Waals surface area contributed by atoms with Crippen molar-refractivity contribution in [3.8, 4) is 0 Å². The van der Waals surface area contributed by atoms with Gasteiger partial charge >= 0.3 is 5.97 Å². The normalized spacial score (nSPS) is 19.9. The third-order valence-corrected chi connectivity index (χ3v) is 6.99. The number of aromatic carboxylic acids is 1. The lowest BCUT2D eigenvalue weighted by molar-refractivity contribution is -0.128. The molecule has 1 N–H and O–H groups in total. The largest absolute Gasteiger partial charge is 0.476 e. The van der Waals surface area contributed by atoms with Gasteiger partial charge in [0.2, 0.25) is 5.92 Å². The Balaban J connectivity index is 0.000000316. The van der Waals surface area contributed by atoms with E-state index in [0.717, 1.165) is 6.04 Å². The van der Waals surface area contributed by atoms with Crippen LogP contribution in [-0.4, -0.2) is 53.2 Å². The van der Waals surface area contributed by atoms with Crippen LogP contribution in [0.25, 0.3) is 0 Å². The zero-order chi connectivity index (χ0) is 23.4. The smallest absolute Gasteiger partial charge is 0.356 e. The zero-order valence-electron chi connectivity index (χ0n) is 18.1. The maximum absolute atomic E-state index is 13.6. The molecule has 1 heterocycles. The average molecular weight is 467 g/mol. The number of hydrogen-bond donors (Lipinski definition) is 1. The van der Waals surface area contributed by atoms with Gasteiger partial charge in [0.15, 0.2) is 5.69 Å². The van der Waals surface area contributed by atoms with Crippen LogP contribution in [0.2, 0.25) is 25.7 Å². The van der Waals surface area contributed by atoms with Crippen LogP contribution in [0.3, 0.4) is 0 Å². The molecule has 0 bridgehead atoms. The first-order valence-electron chi connectivity index (χ1n) is 10.4. The van der Waals surface area contributed by atoms with Crippen LogP contribution in [0.15, 0.2) is 0 Å². The Labute approximate surface area is 180 Å². The van der Waals surface area contributed by atoms with Crippen molar-refractivity contribution in [1.29, 1.82) is 0 Å². The molecule has 31 heavy (non-hydrogen) atoms. The Morgan fingerprint density at radius 1 is 1.10 bits per heavy atom. The maximum Gasteiger partial charge on any atom is 0.356 e. The first-order valence-corrected chi connectivity index (χ1v) is 14.1. The van der Waals surface area contributed by atoms with Crippen molar-refractivity contribution >= 4 is 19.8 Å². The average Bonchev–Trinajstić information content (AvgIpc) is 2.98. The standard InChI is InChI=1S/C14H22F2N2O3Si.C6H8F2O/c1-22(2,3)7-6-21-9-18-11-8-14(15,16)5-4-10(11)12(17-18)13(19)20;7-6(8)3-1-5(9)2-4-6/h4-9H2,1-3H3,(H,19,20);1-4H2. The maximum atomic E-state index is 13.6. The molecule has 0 atom stereocenters. The molecule has 0 aliphatic heterocycles. The van der Waals surface area contributed by atoms with Crippen molar-refractivity contribution in [2.75, 3.05) is 6.61 Å². The van der Waals surface area contributed by atoms with Gasteiger partial charge in [0, 0.05) is 52.3 Å². The van der Waals surface area contributed by atoms with Gasteiger partial charge in [-0.15, -0.1) is 0 Å². The summed E-state index contributed by atoms with van der Waals surface area (Å²) in [6.45, 7) is 7.21. The fourth-order valence-electron chi connectivity index (χ4n) is 3.34. The summed E-state index contributed by atoms with van der Waals surface area (Å²) in [5.74, 6) is -6.57. The molecule has 0 amide bonds. The van der Waals surface area contributed by atoms with Gasteiger partial charge in [-0.05, 0) is 12.5 Å². The van der Waals surface area contributed by atoms with E-state index in [1.165, 1.54) is 4.68 Å². The van der Waals surface area contributed by atoms with Crippen molar-refractivity contribution < 1.29 is 37.0 Å². The van der Waals surface area contributed by atoms with Gasteiger partial charge in [-0.1, -0.05) is 19.6 Å². The number of rotatable bonds is 6. The van der Waals surface area contributed by atoms with Crippen LogP contribution in [0.5, 0.6) is 0 Å². The first-order chi connectivity index (χ1) is 14.2. The summed E-state index contributed by atoms with van der Waals surface area (Å²) < 4.78 is 58.4. The van der Waals surface area contributed by atoms with E-state index in [-0.39, 0.29) is 56.7 Å². The van der Waals surface area contributed by atoms with Crippen LogP contribution in [0, 0.1) is 0 Å². The van der Waals surface area contributed by atoms with E-state index in [9.17, 15) is 27.2 Å².